The second kappa shape index (κ2) is 7.49. The minimum absolute atomic E-state index is 0.906. The molecular formula is C12H21N3S. The van der Waals surface area contributed by atoms with Crippen LogP contribution in [0.4, 0.5) is 5.82 Å². The van der Waals surface area contributed by atoms with Gasteiger partial charge in [-0.2, -0.15) is 0 Å². The number of unbranched alkanes of at least 4 members (excludes halogenated alkanes) is 1. The van der Waals surface area contributed by atoms with Crippen molar-refractivity contribution in [1.29, 1.82) is 0 Å². The van der Waals surface area contributed by atoms with E-state index in [1.807, 2.05) is 11.8 Å². The lowest BCUT2D eigenvalue weighted by Crippen LogP contribution is -2.05. The fourth-order valence-electron chi connectivity index (χ4n) is 1.47. The number of hydrogen-bond acceptors (Lipinski definition) is 4. The molecule has 1 N–H and O–H groups in total. The zero-order valence-electron chi connectivity index (χ0n) is 10.4. The lowest BCUT2D eigenvalue weighted by Gasteiger charge is -2.11. The van der Waals surface area contributed by atoms with Gasteiger partial charge >= 0.3 is 0 Å². The van der Waals surface area contributed by atoms with E-state index in [0.717, 1.165) is 29.6 Å². The lowest BCUT2D eigenvalue weighted by atomic mass is 10.2. The molecule has 0 bridgehead atoms. The number of rotatable bonds is 7. The van der Waals surface area contributed by atoms with Crippen LogP contribution in [0.15, 0.2) is 11.4 Å². The third-order valence-corrected chi connectivity index (χ3v) is 3.46. The molecule has 1 rings (SSSR count). The first kappa shape index (κ1) is 13.3. The summed E-state index contributed by atoms with van der Waals surface area (Å²) in [6.07, 6.45) is 5.12. The normalized spacial score (nSPS) is 10.4. The molecule has 4 heteroatoms. The van der Waals surface area contributed by atoms with Crippen LogP contribution in [0.2, 0.25) is 0 Å². The van der Waals surface area contributed by atoms with Crippen LogP contribution in [0.5, 0.6) is 0 Å². The standard InChI is InChI=1S/C12H21N3S/c1-4-7-8-16-12-10(5-2)11(13-6-3)14-9-15-12/h9H,4-8H2,1-3H3,(H,13,14,15). The molecule has 0 aromatic carbocycles. The molecule has 1 heterocycles. The van der Waals surface area contributed by atoms with Gasteiger partial charge in [0.1, 0.15) is 17.2 Å². The number of hydrogen-bond donors (Lipinski definition) is 1. The lowest BCUT2D eigenvalue weighted by molar-refractivity contribution is 0.888. The molecule has 1 aromatic heterocycles. The molecular weight excluding hydrogens is 218 g/mol. The minimum atomic E-state index is 0.906. The van der Waals surface area contributed by atoms with Gasteiger partial charge in [-0.15, -0.1) is 11.8 Å². The first-order chi connectivity index (χ1) is 7.83. The van der Waals surface area contributed by atoms with Crippen LogP contribution in [0.1, 0.15) is 39.2 Å². The van der Waals surface area contributed by atoms with E-state index >= 15 is 0 Å². The van der Waals surface area contributed by atoms with Crippen molar-refractivity contribution in [3.63, 3.8) is 0 Å². The Hall–Kier alpha value is -0.770. The topological polar surface area (TPSA) is 37.8 Å². The van der Waals surface area contributed by atoms with Crippen molar-refractivity contribution in [2.75, 3.05) is 17.6 Å². The first-order valence-corrected chi connectivity index (χ1v) is 7.02. The van der Waals surface area contributed by atoms with Crippen molar-refractivity contribution < 1.29 is 0 Å². The number of nitrogens with one attached hydrogen (secondary N) is 1. The Bertz CT molecular complexity index is 315. The van der Waals surface area contributed by atoms with Crippen LogP contribution in [0.3, 0.4) is 0 Å². The second-order valence-electron chi connectivity index (χ2n) is 3.59. The highest BCUT2D eigenvalue weighted by molar-refractivity contribution is 7.99. The van der Waals surface area contributed by atoms with Crippen LogP contribution >= 0.6 is 11.8 Å². The quantitative estimate of drug-likeness (QED) is 0.450. The maximum Gasteiger partial charge on any atom is 0.133 e. The summed E-state index contributed by atoms with van der Waals surface area (Å²) in [7, 11) is 0. The Morgan fingerprint density at radius 2 is 2.06 bits per heavy atom. The summed E-state index contributed by atoms with van der Waals surface area (Å²) in [6, 6.07) is 0. The van der Waals surface area contributed by atoms with Gasteiger partial charge < -0.3 is 5.32 Å². The maximum absolute atomic E-state index is 4.38. The zero-order chi connectivity index (χ0) is 11.8. The molecule has 0 fully saturated rings. The molecule has 90 valence electrons. The third-order valence-electron chi connectivity index (χ3n) is 2.34. The zero-order valence-corrected chi connectivity index (χ0v) is 11.2. The third kappa shape index (κ3) is 3.67. The highest BCUT2D eigenvalue weighted by Crippen LogP contribution is 2.25. The molecule has 0 spiro atoms. The van der Waals surface area contributed by atoms with Gasteiger partial charge in [0.15, 0.2) is 0 Å². The van der Waals surface area contributed by atoms with E-state index in [9.17, 15) is 0 Å². The Morgan fingerprint density at radius 3 is 2.69 bits per heavy atom. The van der Waals surface area contributed by atoms with E-state index in [-0.39, 0.29) is 0 Å². The van der Waals surface area contributed by atoms with Gasteiger partial charge in [-0.3, -0.25) is 0 Å². The van der Waals surface area contributed by atoms with Gasteiger partial charge in [0.05, 0.1) is 0 Å². The van der Waals surface area contributed by atoms with E-state index in [2.05, 4.69) is 36.1 Å². The van der Waals surface area contributed by atoms with Crippen molar-refractivity contribution in [3.8, 4) is 0 Å². The van der Waals surface area contributed by atoms with E-state index < -0.39 is 0 Å². The smallest absolute Gasteiger partial charge is 0.133 e. The number of aromatic nitrogens is 2. The molecule has 0 aliphatic rings. The van der Waals surface area contributed by atoms with Gasteiger partial charge in [0.2, 0.25) is 0 Å². The van der Waals surface area contributed by atoms with Gasteiger partial charge in [-0.1, -0.05) is 20.3 Å². The summed E-state index contributed by atoms with van der Waals surface area (Å²) < 4.78 is 0. The van der Waals surface area contributed by atoms with E-state index in [0.29, 0.717) is 0 Å². The average molecular weight is 239 g/mol. The van der Waals surface area contributed by atoms with Crippen molar-refractivity contribution >= 4 is 17.6 Å². The monoisotopic (exact) mass is 239 g/mol. The van der Waals surface area contributed by atoms with Crippen molar-refractivity contribution in [2.45, 2.75) is 45.1 Å². The summed E-state index contributed by atoms with van der Waals surface area (Å²) in [5.41, 5.74) is 1.26. The van der Waals surface area contributed by atoms with Gasteiger partial charge in [0.25, 0.3) is 0 Å². The summed E-state index contributed by atoms with van der Waals surface area (Å²) in [5.74, 6) is 2.14. The Balaban J connectivity index is 2.77. The van der Waals surface area contributed by atoms with Crippen molar-refractivity contribution in [1.82, 2.24) is 9.97 Å². The Kier molecular flexibility index (Phi) is 6.23. The summed E-state index contributed by atoms with van der Waals surface area (Å²) >= 11 is 1.85. The largest absolute Gasteiger partial charge is 0.370 e. The summed E-state index contributed by atoms with van der Waals surface area (Å²) in [4.78, 5) is 8.67. The van der Waals surface area contributed by atoms with E-state index in [1.165, 1.54) is 18.4 Å². The van der Waals surface area contributed by atoms with Crippen LogP contribution < -0.4 is 5.32 Å². The van der Waals surface area contributed by atoms with Crippen LogP contribution in [-0.2, 0) is 6.42 Å². The summed E-state index contributed by atoms with van der Waals surface area (Å²) in [5, 5.41) is 4.43. The number of anilines is 1. The molecule has 0 aliphatic heterocycles. The molecule has 0 aliphatic carbocycles. The Morgan fingerprint density at radius 1 is 1.25 bits per heavy atom. The second-order valence-corrected chi connectivity index (χ2v) is 4.68. The van der Waals surface area contributed by atoms with E-state index in [4.69, 9.17) is 0 Å². The average Bonchev–Trinajstić information content (AvgIpc) is 2.30. The minimum Gasteiger partial charge on any atom is -0.370 e. The fraction of sp³-hybridized carbons (Fsp3) is 0.667. The molecule has 0 saturated heterocycles. The van der Waals surface area contributed by atoms with Gasteiger partial charge in [-0.25, -0.2) is 9.97 Å². The van der Waals surface area contributed by atoms with Crippen molar-refractivity contribution in [2.24, 2.45) is 0 Å². The number of nitrogens with zero attached hydrogens (tertiary/aromatic N) is 2. The molecule has 0 saturated carbocycles. The van der Waals surface area contributed by atoms with Crippen molar-refractivity contribution in [3.05, 3.63) is 11.9 Å². The predicted octanol–water partition coefficient (Wildman–Crippen LogP) is 3.36. The van der Waals surface area contributed by atoms with Gasteiger partial charge in [-0.05, 0) is 25.5 Å². The SMILES string of the molecule is CCCCSc1ncnc(NCC)c1CC. The molecule has 16 heavy (non-hydrogen) atoms. The molecule has 0 atom stereocenters. The van der Waals surface area contributed by atoms with Crippen LogP contribution in [-0.4, -0.2) is 22.3 Å². The van der Waals surface area contributed by atoms with Gasteiger partial charge in [0, 0.05) is 12.1 Å². The molecule has 3 nitrogen and oxygen atoms in total. The maximum atomic E-state index is 4.38. The van der Waals surface area contributed by atoms with Crippen LogP contribution in [0, 0.1) is 0 Å². The highest BCUT2D eigenvalue weighted by Gasteiger charge is 2.08. The number of thioether (sulfide) groups is 1. The first-order valence-electron chi connectivity index (χ1n) is 6.03. The molecule has 1 aromatic rings. The summed E-state index contributed by atoms with van der Waals surface area (Å²) in [6.45, 7) is 7.36. The fourth-order valence-corrected chi connectivity index (χ4v) is 2.64. The van der Waals surface area contributed by atoms with E-state index in [1.54, 1.807) is 6.33 Å². The molecule has 0 amide bonds. The molecule has 0 radical (unpaired) electrons. The predicted molar refractivity (Wildman–Crippen MR) is 71.2 cm³/mol. The Labute approximate surface area is 102 Å². The molecule has 0 unspecified atom stereocenters. The highest BCUT2D eigenvalue weighted by atomic mass is 32.2. The van der Waals surface area contributed by atoms with Crippen LogP contribution in [0.25, 0.3) is 0 Å².